The number of rotatable bonds is 2. The summed E-state index contributed by atoms with van der Waals surface area (Å²) in [4.78, 5) is 17.5. The summed E-state index contributed by atoms with van der Waals surface area (Å²) in [6.45, 7) is 7.27. The maximum Gasteiger partial charge on any atom is 0.326 e. The molecule has 0 radical (unpaired) electrons. The Balaban J connectivity index is 1.89. The van der Waals surface area contributed by atoms with Gasteiger partial charge in [-0.1, -0.05) is 0 Å². The van der Waals surface area contributed by atoms with Crippen LogP contribution in [0.1, 0.15) is 19.3 Å². The quantitative estimate of drug-likeness (QED) is 0.709. The van der Waals surface area contributed by atoms with Gasteiger partial charge in [0.1, 0.15) is 5.54 Å². The summed E-state index contributed by atoms with van der Waals surface area (Å²) in [5, 5.41) is 3.43. The molecule has 0 amide bonds. The molecule has 3 unspecified atom stereocenters. The molecule has 3 aliphatic rings. The van der Waals surface area contributed by atoms with E-state index in [0.717, 1.165) is 65.1 Å². The lowest BCUT2D eigenvalue weighted by atomic mass is 9.77. The summed E-state index contributed by atoms with van der Waals surface area (Å²) in [6.07, 6.45) is 3.19. The number of ether oxygens (including phenoxy) is 1. The van der Waals surface area contributed by atoms with Crippen molar-refractivity contribution in [2.45, 2.75) is 24.8 Å². The molecular formula is C14H25N3O2. The molecule has 3 fully saturated rings. The lowest BCUT2D eigenvalue weighted by molar-refractivity contribution is -0.162. The zero-order valence-corrected chi connectivity index (χ0v) is 11.9. The van der Waals surface area contributed by atoms with Gasteiger partial charge < -0.3 is 15.0 Å². The minimum Gasteiger partial charge on any atom is -0.468 e. The molecule has 3 rings (SSSR count). The molecule has 0 aromatic heterocycles. The Labute approximate surface area is 115 Å². The van der Waals surface area contributed by atoms with Crippen LogP contribution in [-0.4, -0.2) is 74.2 Å². The second-order valence-electron chi connectivity index (χ2n) is 6.04. The van der Waals surface area contributed by atoms with Gasteiger partial charge in [0.05, 0.1) is 7.11 Å². The smallest absolute Gasteiger partial charge is 0.326 e. The number of fused-ring (bicyclic) bond motifs is 2. The molecule has 0 spiro atoms. The topological polar surface area (TPSA) is 44.8 Å². The second kappa shape index (κ2) is 5.38. The number of nitrogens with one attached hydrogen (secondary N) is 1. The fourth-order valence-corrected chi connectivity index (χ4v) is 4.19. The van der Waals surface area contributed by atoms with E-state index in [4.69, 9.17) is 4.74 Å². The van der Waals surface area contributed by atoms with Crippen molar-refractivity contribution in [3.05, 3.63) is 0 Å². The van der Waals surface area contributed by atoms with E-state index in [2.05, 4.69) is 15.1 Å². The van der Waals surface area contributed by atoms with Gasteiger partial charge in [-0.2, -0.15) is 0 Å². The molecular weight excluding hydrogens is 242 g/mol. The first-order valence-corrected chi connectivity index (χ1v) is 7.54. The van der Waals surface area contributed by atoms with E-state index in [-0.39, 0.29) is 11.5 Å². The number of carbonyl (C=O) groups is 1. The van der Waals surface area contributed by atoms with Crippen molar-refractivity contribution >= 4 is 5.97 Å². The van der Waals surface area contributed by atoms with Crippen LogP contribution >= 0.6 is 0 Å². The lowest BCUT2D eigenvalue weighted by Gasteiger charge is -2.47. The Hall–Kier alpha value is -0.650. The summed E-state index contributed by atoms with van der Waals surface area (Å²) in [6, 6.07) is 0. The predicted octanol–water partition coefficient (Wildman–Crippen LogP) is -0.0809. The van der Waals surface area contributed by atoms with Crippen molar-refractivity contribution in [3.63, 3.8) is 0 Å². The average molecular weight is 267 g/mol. The summed E-state index contributed by atoms with van der Waals surface area (Å²) >= 11 is 0. The van der Waals surface area contributed by atoms with Gasteiger partial charge in [-0.25, -0.2) is 0 Å². The van der Waals surface area contributed by atoms with Crippen LogP contribution in [-0.2, 0) is 9.53 Å². The molecule has 0 saturated carbocycles. The number of nitrogens with zero attached hydrogens (tertiary/aromatic N) is 2. The van der Waals surface area contributed by atoms with Crippen LogP contribution in [0.5, 0.6) is 0 Å². The van der Waals surface area contributed by atoms with Crippen LogP contribution in [0.15, 0.2) is 0 Å². The van der Waals surface area contributed by atoms with Crippen LogP contribution in [0.3, 0.4) is 0 Å². The van der Waals surface area contributed by atoms with E-state index in [1.165, 1.54) is 0 Å². The van der Waals surface area contributed by atoms with Crippen molar-refractivity contribution in [3.8, 4) is 0 Å². The Morgan fingerprint density at radius 3 is 3.00 bits per heavy atom. The molecule has 0 aliphatic carbocycles. The molecule has 108 valence electrons. The highest BCUT2D eigenvalue weighted by Gasteiger charge is 2.55. The maximum atomic E-state index is 12.6. The average Bonchev–Trinajstić information content (AvgIpc) is 2.67. The highest BCUT2D eigenvalue weighted by Crippen LogP contribution is 2.41. The summed E-state index contributed by atoms with van der Waals surface area (Å²) in [5.74, 6) is 0.452. The van der Waals surface area contributed by atoms with Crippen LogP contribution < -0.4 is 5.32 Å². The standard InChI is InChI=1S/C14H25N3O2/c1-19-13(18)14(17-7-2-5-15-6-10-17)4-9-16-8-3-12(14)11-16/h12,15H,2-11H2,1H3. The van der Waals surface area contributed by atoms with Gasteiger partial charge >= 0.3 is 5.97 Å². The maximum absolute atomic E-state index is 12.6. The molecule has 0 aromatic rings. The van der Waals surface area contributed by atoms with Crippen molar-refractivity contribution in [1.82, 2.24) is 15.1 Å². The third-order valence-corrected chi connectivity index (χ3v) is 5.20. The van der Waals surface area contributed by atoms with Gasteiger partial charge in [0.15, 0.2) is 0 Å². The van der Waals surface area contributed by atoms with Crippen molar-refractivity contribution < 1.29 is 9.53 Å². The SMILES string of the molecule is COC(=O)C1(N2CCCNCC2)CCN2CCC1C2. The van der Waals surface area contributed by atoms with Crippen LogP contribution in [0.4, 0.5) is 0 Å². The van der Waals surface area contributed by atoms with Crippen molar-refractivity contribution in [2.24, 2.45) is 5.92 Å². The molecule has 3 aliphatic heterocycles. The van der Waals surface area contributed by atoms with E-state index in [0.29, 0.717) is 5.92 Å². The Morgan fingerprint density at radius 2 is 2.16 bits per heavy atom. The second-order valence-corrected chi connectivity index (χ2v) is 6.04. The van der Waals surface area contributed by atoms with Crippen LogP contribution in [0.25, 0.3) is 0 Å². The fourth-order valence-electron chi connectivity index (χ4n) is 4.19. The molecule has 3 saturated heterocycles. The molecule has 1 N–H and O–H groups in total. The fraction of sp³-hybridized carbons (Fsp3) is 0.929. The zero-order chi connectivity index (χ0) is 13.3. The number of hydrogen-bond acceptors (Lipinski definition) is 5. The van der Waals surface area contributed by atoms with Crippen molar-refractivity contribution in [2.75, 3.05) is 52.9 Å². The Bertz CT molecular complexity index is 342. The number of carbonyl (C=O) groups excluding carboxylic acids is 1. The van der Waals surface area contributed by atoms with E-state index < -0.39 is 0 Å². The monoisotopic (exact) mass is 267 g/mol. The highest BCUT2D eigenvalue weighted by molar-refractivity contribution is 5.81. The summed E-state index contributed by atoms with van der Waals surface area (Å²) in [5.41, 5.74) is -0.353. The van der Waals surface area contributed by atoms with E-state index >= 15 is 0 Å². The first-order chi connectivity index (χ1) is 9.27. The van der Waals surface area contributed by atoms with Crippen LogP contribution in [0, 0.1) is 5.92 Å². The first-order valence-electron chi connectivity index (χ1n) is 7.54. The molecule has 3 heterocycles. The Morgan fingerprint density at radius 1 is 1.26 bits per heavy atom. The molecule has 2 bridgehead atoms. The van der Waals surface area contributed by atoms with Gasteiger partial charge in [-0.3, -0.25) is 9.69 Å². The largest absolute Gasteiger partial charge is 0.468 e. The molecule has 19 heavy (non-hydrogen) atoms. The molecule has 0 aromatic carbocycles. The molecule has 3 atom stereocenters. The van der Waals surface area contributed by atoms with Gasteiger partial charge in [0, 0.05) is 38.6 Å². The van der Waals surface area contributed by atoms with E-state index in [1.54, 1.807) is 7.11 Å². The number of piperidine rings is 1. The van der Waals surface area contributed by atoms with Gasteiger partial charge in [-0.05, 0) is 32.4 Å². The predicted molar refractivity (Wildman–Crippen MR) is 73.0 cm³/mol. The van der Waals surface area contributed by atoms with Gasteiger partial charge in [0.25, 0.3) is 0 Å². The third kappa shape index (κ3) is 2.18. The molecule has 5 heteroatoms. The summed E-state index contributed by atoms with van der Waals surface area (Å²) in [7, 11) is 1.54. The van der Waals surface area contributed by atoms with Gasteiger partial charge in [-0.15, -0.1) is 0 Å². The third-order valence-electron chi connectivity index (χ3n) is 5.20. The highest BCUT2D eigenvalue weighted by atomic mass is 16.5. The minimum absolute atomic E-state index is 0.000880. The summed E-state index contributed by atoms with van der Waals surface area (Å²) < 4.78 is 5.22. The van der Waals surface area contributed by atoms with Crippen molar-refractivity contribution in [1.29, 1.82) is 0 Å². The Kier molecular flexibility index (Phi) is 3.78. The molecule has 5 nitrogen and oxygen atoms in total. The lowest BCUT2D eigenvalue weighted by Crippen LogP contribution is -2.64. The first kappa shape index (κ1) is 13.3. The van der Waals surface area contributed by atoms with Gasteiger partial charge in [0.2, 0.25) is 0 Å². The number of hydrogen-bond donors (Lipinski definition) is 1. The van der Waals surface area contributed by atoms with Crippen LogP contribution in [0.2, 0.25) is 0 Å². The number of esters is 1. The normalized spacial score (nSPS) is 39.8. The van der Waals surface area contributed by atoms with E-state index in [1.807, 2.05) is 0 Å². The minimum atomic E-state index is -0.353. The van der Waals surface area contributed by atoms with E-state index in [9.17, 15) is 4.79 Å². The number of methoxy groups -OCH3 is 1. The zero-order valence-electron chi connectivity index (χ0n) is 11.9.